The molecule has 2 aliphatic rings. The van der Waals surface area contributed by atoms with Crippen LogP contribution in [0.5, 0.6) is 11.5 Å². The lowest BCUT2D eigenvalue weighted by Gasteiger charge is -2.28. The molecule has 2 aromatic rings. The Balaban J connectivity index is 1.80. The standard InChI is InChI=1S/C17H13ClO4/c18-11-5-10-7-20-9-22-17(10)13(6-11)14-8-21-15-4-2-1-3-12(15)16(14)19/h1-6,14H,7-9H2. The van der Waals surface area contributed by atoms with Gasteiger partial charge in [0.15, 0.2) is 12.6 Å². The van der Waals surface area contributed by atoms with E-state index in [1.54, 1.807) is 18.2 Å². The second-order valence-electron chi connectivity index (χ2n) is 5.32. The molecule has 0 radical (unpaired) electrons. The van der Waals surface area contributed by atoms with Crippen molar-refractivity contribution in [3.05, 3.63) is 58.1 Å². The van der Waals surface area contributed by atoms with Crippen molar-refractivity contribution in [2.75, 3.05) is 13.4 Å². The molecule has 0 aliphatic carbocycles. The monoisotopic (exact) mass is 316 g/mol. The Labute approximate surface area is 132 Å². The average molecular weight is 317 g/mol. The maximum absolute atomic E-state index is 12.8. The number of carbonyl (C=O) groups excluding carboxylic acids is 1. The van der Waals surface area contributed by atoms with Gasteiger partial charge < -0.3 is 14.2 Å². The minimum absolute atomic E-state index is 0.0291. The van der Waals surface area contributed by atoms with Crippen LogP contribution in [0.25, 0.3) is 0 Å². The summed E-state index contributed by atoms with van der Waals surface area (Å²) < 4.78 is 16.6. The van der Waals surface area contributed by atoms with E-state index in [-0.39, 0.29) is 19.2 Å². The highest BCUT2D eigenvalue weighted by molar-refractivity contribution is 6.30. The summed E-state index contributed by atoms with van der Waals surface area (Å²) in [5.74, 6) is 0.933. The normalized spacial score (nSPS) is 19.7. The van der Waals surface area contributed by atoms with E-state index < -0.39 is 5.92 Å². The summed E-state index contributed by atoms with van der Waals surface area (Å²) in [6.45, 7) is 0.897. The van der Waals surface area contributed by atoms with Crippen LogP contribution in [0.4, 0.5) is 0 Å². The van der Waals surface area contributed by atoms with E-state index in [2.05, 4.69) is 0 Å². The van der Waals surface area contributed by atoms with Gasteiger partial charge in [0.25, 0.3) is 0 Å². The second kappa shape index (κ2) is 5.30. The largest absolute Gasteiger partial charge is 0.492 e. The predicted octanol–water partition coefficient (Wildman–Crippen LogP) is 3.57. The molecule has 2 aliphatic heterocycles. The average Bonchev–Trinajstić information content (AvgIpc) is 2.55. The van der Waals surface area contributed by atoms with Crippen molar-refractivity contribution in [2.24, 2.45) is 0 Å². The van der Waals surface area contributed by atoms with Gasteiger partial charge in [-0.05, 0) is 24.3 Å². The number of hydrogen-bond acceptors (Lipinski definition) is 4. The first kappa shape index (κ1) is 13.6. The lowest BCUT2D eigenvalue weighted by Crippen LogP contribution is -2.27. The highest BCUT2D eigenvalue weighted by atomic mass is 35.5. The number of hydrogen-bond donors (Lipinski definition) is 0. The lowest BCUT2D eigenvalue weighted by molar-refractivity contribution is -0.0174. The van der Waals surface area contributed by atoms with Gasteiger partial charge in [0.1, 0.15) is 18.1 Å². The number of halogens is 1. The summed E-state index contributed by atoms with van der Waals surface area (Å²) in [6, 6.07) is 10.9. The number of benzene rings is 2. The highest BCUT2D eigenvalue weighted by Gasteiger charge is 2.33. The zero-order valence-corrected chi connectivity index (χ0v) is 12.4. The summed E-state index contributed by atoms with van der Waals surface area (Å²) in [4.78, 5) is 12.8. The van der Waals surface area contributed by atoms with Crippen LogP contribution in [0.15, 0.2) is 36.4 Å². The number of Topliss-reactive ketones (excluding diaryl/α,β-unsaturated/α-hetero) is 1. The zero-order valence-electron chi connectivity index (χ0n) is 11.7. The van der Waals surface area contributed by atoms with E-state index in [0.29, 0.717) is 28.7 Å². The third-order valence-corrected chi connectivity index (χ3v) is 4.17. The van der Waals surface area contributed by atoms with Crippen LogP contribution in [-0.4, -0.2) is 19.2 Å². The summed E-state index contributed by atoms with van der Waals surface area (Å²) in [7, 11) is 0. The fourth-order valence-electron chi connectivity index (χ4n) is 2.93. The van der Waals surface area contributed by atoms with Crippen molar-refractivity contribution >= 4 is 17.4 Å². The second-order valence-corrected chi connectivity index (χ2v) is 5.75. The van der Waals surface area contributed by atoms with Crippen LogP contribution in [0, 0.1) is 0 Å². The zero-order chi connectivity index (χ0) is 15.1. The molecule has 1 atom stereocenters. The van der Waals surface area contributed by atoms with Gasteiger partial charge in [-0.25, -0.2) is 0 Å². The third-order valence-electron chi connectivity index (χ3n) is 3.95. The van der Waals surface area contributed by atoms with E-state index in [1.165, 1.54) is 0 Å². The molecule has 5 heteroatoms. The van der Waals surface area contributed by atoms with Crippen molar-refractivity contribution < 1.29 is 19.0 Å². The molecule has 22 heavy (non-hydrogen) atoms. The van der Waals surface area contributed by atoms with Crippen LogP contribution in [0.2, 0.25) is 5.02 Å². The molecule has 0 spiro atoms. The van der Waals surface area contributed by atoms with Crippen molar-refractivity contribution in [3.8, 4) is 11.5 Å². The quantitative estimate of drug-likeness (QED) is 0.807. The molecule has 1 unspecified atom stereocenters. The van der Waals surface area contributed by atoms with Gasteiger partial charge >= 0.3 is 0 Å². The van der Waals surface area contributed by atoms with Gasteiger partial charge in [0.2, 0.25) is 0 Å². The number of ether oxygens (including phenoxy) is 3. The van der Waals surface area contributed by atoms with Gasteiger partial charge in [-0.2, -0.15) is 0 Å². The molecule has 4 rings (SSSR count). The van der Waals surface area contributed by atoms with Crippen molar-refractivity contribution in [1.82, 2.24) is 0 Å². The summed E-state index contributed by atoms with van der Waals surface area (Å²) in [5, 5.41) is 0.564. The Bertz CT molecular complexity index is 756. The summed E-state index contributed by atoms with van der Waals surface area (Å²) in [5.41, 5.74) is 2.23. The van der Waals surface area contributed by atoms with Gasteiger partial charge in [0.05, 0.1) is 18.1 Å². The summed E-state index contributed by atoms with van der Waals surface area (Å²) >= 11 is 6.19. The van der Waals surface area contributed by atoms with Crippen LogP contribution >= 0.6 is 11.6 Å². The van der Waals surface area contributed by atoms with Crippen LogP contribution < -0.4 is 9.47 Å². The maximum atomic E-state index is 12.8. The molecule has 2 heterocycles. The van der Waals surface area contributed by atoms with E-state index in [9.17, 15) is 4.79 Å². The first-order chi connectivity index (χ1) is 10.7. The smallest absolute Gasteiger partial charge is 0.189 e. The number of para-hydroxylation sites is 1. The first-order valence-corrected chi connectivity index (χ1v) is 7.41. The molecular formula is C17H13ClO4. The highest BCUT2D eigenvalue weighted by Crippen LogP contribution is 2.40. The first-order valence-electron chi connectivity index (χ1n) is 7.03. The number of ketones is 1. The Kier molecular flexibility index (Phi) is 3.28. The van der Waals surface area contributed by atoms with Crippen LogP contribution in [-0.2, 0) is 11.3 Å². The van der Waals surface area contributed by atoms with Crippen molar-refractivity contribution in [2.45, 2.75) is 12.5 Å². The number of rotatable bonds is 1. The number of carbonyl (C=O) groups is 1. The SMILES string of the molecule is O=C1c2ccccc2OCC1c1cc(Cl)cc2c1OCOC2. The Morgan fingerprint density at radius 2 is 2.00 bits per heavy atom. The molecule has 4 nitrogen and oxygen atoms in total. The predicted molar refractivity (Wildman–Crippen MR) is 80.7 cm³/mol. The third kappa shape index (κ3) is 2.16. The molecule has 112 valence electrons. The van der Waals surface area contributed by atoms with E-state index in [1.807, 2.05) is 18.2 Å². The fourth-order valence-corrected chi connectivity index (χ4v) is 3.18. The molecule has 2 aromatic carbocycles. The molecule has 0 saturated heterocycles. The molecular weight excluding hydrogens is 304 g/mol. The number of fused-ring (bicyclic) bond motifs is 2. The van der Waals surface area contributed by atoms with Crippen LogP contribution in [0.1, 0.15) is 27.4 Å². The topological polar surface area (TPSA) is 44.8 Å². The van der Waals surface area contributed by atoms with Gasteiger partial charge in [-0.1, -0.05) is 23.7 Å². The van der Waals surface area contributed by atoms with Crippen molar-refractivity contribution in [1.29, 1.82) is 0 Å². The van der Waals surface area contributed by atoms with E-state index >= 15 is 0 Å². The Morgan fingerprint density at radius 3 is 2.91 bits per heavy atom. The molecule has 0 fully saturated rings. The van der Waals surface area contributed by atoms with Gasteiger partial charge in [-0.3, -0.25) is 4.79 Å². The maximum Gasteiger partial charge on any atom is 0.189 e. The van der Waals surface area contributed by atoms with Crippen molar-refractivity contribution in [3.63, 3.8) is 0 Å². The van der Waals surface area contributed by atoms with E-state index in [4.69, 9.17) is 25.8 Å². The molecule has 0 saturated carbocycles. The molecule has 0 bridgehead atoms. The fraction of sp³-hybridized carbons (Fsp3) is 0.235. The van der Waals surface area contributed by atoms with Gasteiger partial charge in [-0.15, -0.1) is 0 Å². The molecule has 0 N–H and O–H groups in total. The lowest BCUT2D eigenvalue weighted by atomic mass is 9.87. The van der Waals surface area contributed by atoms with Crippen LogP contribution in [0.3, 0.4) is 0 Å². The minimum atomic E-state index is -0.416. The van der Waals surface area contributed by atoms with Gasteiger partial charge in [0, 0.05) is 16.1 Å². The Hall–Kier alpha value is -2.04. The minimum Gasteiger partial charge on any atom is -0.492 e. The van der Waals surface area contributed by atoms with E-state index in [0.717, 1.165) is 11.1 Å². The molecule has 0 amide bonds. The summed E-state index contributed by atoms with van der Waals surface area (Å²) in [6.07, 6.45) is 0. The Morgan fingerprint density at radius 1 is 1.14 bits per heavy atom. The molecule has 0 aromatic heterocycles.